The topological polar surface area (TPSA) is 94.7 Å². The molecule has 4 aromatic rings. The lowest BCUT2D eigenvalue weighted by Crippen LogP contribution is -2.10. The molecule has 0 amide bonds. The van der Waals surface area contributed by atoms with Crippen molar-refractivity contribution < 1.29 is 24.2 Å². The van der Waals surface area contributed by atoms with Crippen molar-refractivity contribution in [2.45, 2.75) is 0 Å². The van der Waals surface area contributed by atoms with Gasteiger partial charge in [-0.25, -0.2) is 14.2 Å². The van der Waals surface area contributed by atoms with Crippen LogP contribution in [0.1, 0.15) is 26.3 Å². The number of pyridine rings is 1. The van der Waals surface area contributed by atoms with E-state index in [1.54, 1.807) is 24.3 Å². The Balaban J connectivity index is 2.01. The lowest BCUT2D eigenvalue weighted by Gasteiger charge is -2.13. The summed E-state index contributed by atoms with van der Waals surface area (Å²) in [7, 11) is 0. The van der Waals surface area contributed by atoms with Crippen molar-refractivity contribution in [2.24, 2.45) is 0 Å². The number of halogens is 1. The number of fused-ring (bicyclic) bond motifs is 3. The Morgan fingerprint density at radius 3 is 2.62 bits per heavy atom. The second kappa shape index (κ2) is 5.66. The first-order valence-corrected chi connectivity index (χ1v) is 7.61. The second-order valence-electron chi connectivity index (χ2n) is 5.71. The molecule has 0 fully saturated rings. The summed E-state index contributed by atoms with van der Waals surface area (Å²) >= 11 is 0. The molecule has 26 heavy (non-hydrogen) atoms. The number of aromatic nitrogens is 2. The molecule has 0 aliphatic heterocycles. The minimum Gasteiger partial charge on any atom is -0.872 e. The first-order chi connectivity index (χ1) is 12.5. The van der Waals surface area contributed by atoms with Gasteiger partial charge in [0.1, 0.15) is 11.4 Å². The lowest BCUT2D eigenvalue weighted by molar-refractivity contribution is -0.268. The third-order valence-electron chi connectivity index (χ3n) is 4.08. The summed E-state index contributed by atoms with van der Waals surface area (Å²) in [6.07, 6.45) is 1.41. The van der Waals surface area contributed by atoms with E-state index in [2.05, 4.69) is 4.98 Å². The standard InChI is InChI=1S/C19H11FN2O4/c20-11-5-6-16(23)12(8-11)17(24)10-7-13(19(25)26)18-21-14-3-1-2-4-15(14)22(18)9-10/h1-9,23H,(H,25,26)/p-1. The van der Waals surface area contributed by atoms with Gasteiger partial charge in [0, 0.05) is 17.3 Å². The molecule has 4 rings (SSSR count). The van der Waals surface area contributed by atoms with Gasteiger partial charge in [-0.2, -0.15) is 0 Å². The quantitative estimate of drug-likeness (QED) is 0.574. The van der Waals surface area contributed by atoms with E-state index >= 15 is 0 Å². The first kappa shape index (κ1) is 15.8. The van der Waals surface area contributed by atoms with Crippen LogP contribution in [0.2, 0.25) is 0 Å². The van der Waals surface area contributed by atoms with Crippen molar-refractivity contribution in [2.75, 3.05) is 0 Å². The van der Waals surface area contributed by atoms with Gasteiger partial charge in [0.2, 0.25) is 0 Å². The fraction of sp³-hybridized carbons (Fsp3) is 0. The van der Waals surface area contributed by atoms with Crippen molar-refractivity contribution in [3.63, 3.8) is 0 Å². The third-order valence-corrected chi connectivity index (χ3v) is 4.08. The molecule has 128 valence electrons. The van der Waals surface area contributed by atoms with Gasteiger partial charge in [-0.05, 0) is 30.3 Å². The van der Waals surface area contributed by atoms with Crippen LogP contribution < -0.4 is 5.11 Å². The van der Waals surface area contributed by atoms with E-state index in [4.69, 9.17) is 0 Å². The Kier molecular flexibility index (Phi) is 3.43. The van der Waals surface area contributed by atoms with Gasteiger partial charge in [-0.3, -0.25) is 9.20 Å². The van der Waals surface area contributed by atoms with Crippen molar-refractivity contribution in [1.82, 2.24) is 9.38 Å². The summed E-state index contributed by atoms with van der Waals surface area (Å²) < 4.78 is 14.9. The van der Waals surface area contributed by atoms with Crippen LogP contribution in [0.15, 0.2) is 54.7 Å². The van der Waals surface area contributed by atoms with E-state index in [-0.39, 0.29) is 22.3 Å². The van der Waals surface area contributed by atoms with Crippen molar-refractivity contribution in [1.29, 1.82) is 0 Å². The molecule has 2 aromatic carbocycles. The molecule has 0 radical (unpaired) electrons. The molecule has 0 aliphatic carbocycles. The number of carboxylic acids is 1. The van der Waals surface area contributed by atoms with Crippen LogP contribution in [0.25, 0.3) is 16.7 Å². The zero-order chi connectivity index (χ0) is 18.4. The molecule has 6 nitrogen and oxygen atoms in total. The van der Waals surface area contributed by atoms with Crippen LogP contribution >= 0.6 is 0 Å². The molecule has 1 N–H and O–H groups in total. The number of hydrogen-bond acceptors (Lipinski definition) is 4. The van der Waals surface area contributed by atoms with Gasteiger partial charge in [0.05, 0.1) is 11.0 Å². The van der Waals surface area contributed by atoms with Crippen LogP contribution in [0.3, 0.4) is 0 Å². The highest BCUT2D eigenvalue weighted by Crippen LogP contribution is 2.24. The molecular weight excluding hydrogens is 339 g/mol. The van der Waals surface area contributed by atoms with E-state index in [1.807, 2.05) is 0 Å². The summed E-state index contributed by atoms with van der Waals surface area (Å²) in [4.78, 5) is 28.6. The maximum Gasteiger partial charge on any atom is 0.339 e. The van der Waals surface area contributed by atoms with Crippen molar-refractivity contribution in [3.05, 3.63) is 77.2 Å². The number of carboxylic acid groups (broad SMARTS) is 1. The van der Waals surface area contributed by atoms with E-state index in [0.29, 0.717) is 11.0 Å². The van der Waals surface area contributed by atoms with Crippen LogP contribution in [0, 0.1) is 5.82 Å². The minimum atomic E-state index is -1.26. The molecule has 0 atom stereocenters. The number of rotatable bonds is 3. The molecule has 0 unspecified atom stereocenters. The highest BCUT2D eigenvalue weighted by atomic mass is 19.1. The number of carbonyl (C=O) groups is 2. The van der Waals surface area contributed by atoms with Crippen LogP contribution in [0.4, 0.5) is 4.39 Å². The predicted molar refractivity (Wildman–Crippen MR) is 88.9 cm³/mol. The minimum absolute atomic E-state index is 0.0410. The van der Waals surface area contributed by atoms with Crippen LogP contribution in [-0.2, 0) is 0 Å². The maximum absolute atomic E-state index is 13.4. The monoisotopic (exact) mass is 349 g/mol. The van der Waals surface area contributed by atoms with Crippen LogP contribution in [-0.4, -0.2) is 26.2 Å². The van der Waals surface area contributed by atoms with E-state index in [9.17, 15) is 24.2 Å². The number of ketones is 1. The van der Waals surface area contributed by atoms with E-state index in [0.717, 1.165) is 24.3 Å². The summed E-state index contributed by atoms with van der Waals surface area (Å²) in [5.74, 6) is -3.37. The van der Waals surface area contributed by atoms with Gasteiger partial charge in [0.25, 0.3) is 0 Å². The number of hydrogen-bond donors (Lipinski definition) is 1. The number of imidazole rings is 1. The summed E-state index contributed by atoms with van der Waals surface area (Å²) in [5, 5.41) is 21.4. The fourth-order valence-corrected chi connectivity index (χ4v) is 2.88. The number of para-hydroxylation sites is 2. The van der Waals surface area contributed by atoms with Crippen molar-refractivity contribution >= 4 is 28.4 Å². The molecule has 0 saturated heterocycles. The summed E-state index contributed by atoms with van der Waals surface area (Å²) in [6.45, 7) is 0. The van der Waals surface area contributed by atoms with Crippen LogP contribution in [0.5, 0.6) is 5.75 Å². The molecule has 0 bridgehead atoms. The van der Waals surface area contributed by atoms with Gasteiger partial charge < -0.3 is 10.2 Å². The molecular formula is C19H10FN2O4-. The summed E-state index contributed by atoms with van der Waals surface area (Å²) in [6, 6.07) is 10.9. The molecule has 0 aliphatic rings. The SMILES string of the molecule is O=C(c1cc(C(=O)O)c2nc3ccccc3n2c1)c1cc(F)ccc1[O-]. The normalized spacial score (nSPS) is 11.1. The van der Waals surface area contributed by atoms with Gasteiger partial charge >= 0.3 is 5.97 Å². The summed E-state index contributed by atoms with van der Waals surface area (Å²) in [5.41, 5.74) is 0.773. The Bertz CT molecular complexity index is 1210. The highest BCUT2D eigenvalue weighted by molar-refractivity contribution is 6.12. The number of benzene rings is 2. The van der Waals surface area contributed by atoms with Gasteiger partial charge in [-0.15, -0.1) is 0 Å². The van der Waals surface area contributed by atoms with E-state index < -0.39 is 23.3 Å². The van der Waals surface area contributed by atoms with E-state index in [1.165, 1.54) is 10.6 Å². The average molecular weight is 349 g/mol. The Morgan fingerprint density at radius 2 is 1.85 bits per heavy atom. The Morgan fingerprint density at radius 1 is 1.08 bits per heavy atom. The number of carbonyl (C=O) groups excluding carboxylic acids is 1. The molecule has 2 aromatic heterocycles. The number of aromatic carboxylic acids is 1. The highest BCUT2D eigenvalue weighted by Gasteiger charge is 2.19. The maximum atomic E-state index is 13.4. The predicted octanol–water partition coefficient (Wildman–Crippen LogP) is 2.63. The van der Waals surface area contributed by atoms with Gasteiger partial charge in [0.15, 0.2) is 11.4 Å². The number of nitrogens with zero attached hydrogens (tertiary/aromatic N) is 2. The first-order valence-electron chi connectivity index (χ1n) is 7.61. The average Bonchev–Trinajstić information content (AvgIpc) is 3.00. The van der Waals surface area contributed by atoms with Gasteiger partial charge in [-0.1, -0.05) is 23.9 Å². The largest absolute Gasteiger partial charge is 0.872 e. The molecule has 7 heteroatoms. The zero-order valence-corrected chi connectivity index (χ0v) is 13.1. The molecule has 0 saturated carbocycles. The fourth-order valence-electron chi connectivity index (χ4n) is 2.88. The molecule has 0 spiro atoms. The van der Waals surface area contributed by atoms with Crippen molar-refractivity contribution in [3.8, 4) is 5.75 Å². The Hall–Kier alpha value is -3.74. The third kappa shape index (κ3) is 2.37. The molecule has 2 heterocycles. The zero-order valence-electron chi connectivity index (χ0n) is 13.1. The lowest BCUT2D eigenvalue weighted by atomic mass is 10.0. The Labute approximate surface area is 145 Å². The smallest absolute Gasteiger partial charge is 0.339 e. The second-order valence-corrected chi connectivity index (χ2v) is 5.71.